The van der Waals surface area contributed by atoms with Gasteiger partial charge < -0.3 is 52.5 Å². The molecular weight excluding hydrogens is 909 g/mol. The second kappa shape index (κ2) is 27.2. The van der Waals surface area contributed by atoms with Gasteiger partial charge in [0.2, 0.25) is 0 Å². The average molecular weight is 973 g/mol. The van der Waals surface area contributed by atoms with Crippen LogP contribution in [0.15, 0.2) is 212 Å². The zero-order chi connectivity index (χ0) is 49.0. The van der Waals surface area contributed by atoms with Gasteiger partial charge in [-0.25, -0.2) is 0 Å². The van der Waals surface area contributed by atoms with Crippen molar-refractivity contribution in [2.45, 2.75) is 108 Å². The molecule has 9 rings (SSSR count). The smallest absolute Gasteiger partial charge is 0.187 e. The number of aliphatic hydroxyl groups is 1. The Balaban J connectivity index is 1.09. The number of rotatable bonds is 25. The molecule has 0 amide bonds. The lowest BCUT2D eigenvalue weighted by molar-refractivity contribution is -0.378. The lowest BCUT2D eigenvalue weighted by Gasteiger charge is -2.50. The number of hydrogen-bond acceptors (Lipinski definition) is 11. The van der Waals surface area contributed by atoms with Gasteiger partial charge in [-0.1, -0.05) is 212 Å². The van der Waals surface area contributed by atoms with Gasteiger partial charge in [0.1, 0.15) is 48.8 Å². The third-order valence-electron chi connectivity index (χ3n) is 12.7. The van der Waals surface area contributed by atoms with E-state index in [2.05, 4.69) is 0 Å². The van der Waals surface area contributed by atoms with Crippen molar-refractivity contribution in [1.82, 2.24) is 0 Å². The van der Waals surface area contributed by atoms with Crippen LogP contribution in [-0.4, -0.2) is 79.7 Å². The van der Waals surface area contributed by atoms with E-state index in [9.17, 15) is 5.11 Å². The van der Waals surface area contributed by atoms with Crippen molar-refractivity contribution in [1.29, 1.82) is 0 Å². The Bertz CT molecular complexity index is 2550. The molecule has 2 saturated heterocycles. The normalized spacial score (nSPS) is 24.2. The average Bonchev–Trinajstić information content (AvgIpc) is 3.44. The summed E-state index contributed by atoms with van der Waals surface area (Å²) in [4.78, 5) is 0. The highest BCUT2D eigenvalue weighted by Crippen LogP contribution is 2.37. The molecule has 0 aliphatic carbocycles. The number of benzene rings is 7. The van der Waals surface area contributed by atoms with Gasteiger partial charge in [0.05, 0.1) is 59.5 Å². The Morgan fingerprint density at radius 3 is 0.958 bits per heavy atom. The van der Waals surface area contributed by atoms with E-state index in [-0.39, 0.29) is 46.2 Å². The van der Waals surface area contributed by atoms with E-state index in [1.165, 1.54) is 0 Å². The zero-order valence-corrected chi connectivity index (χ0v) is 40.4. The third kappa shape index (κ3) is 14.6. The quantitative estimate of drug-likeness (QED) is 0.0591. The van der Waals surface area contributed by atoms with E-state index >= 15 is 0 Å². The van der Waals surface area contributed by atoms with E-state index in [0.717, 1.165) is 38.9 Å². The van der Waals surface area contributed by atoms with Crippen molar-refractivity contribution in [2.24, 2.45) is 0 Å². The summed E-state index contributed by atoms with van der Waals surface area (Å²) in [6, 6.07) is 69.7. The number of hydrogen-bond donors (Lipinski definition) is 1. The molecule has 2 aliphatic heterocycles. The fraction of sp³-hybridized carbons (Fsp3) is 0.311. The summed E-state index contributed by atoms with van der Waals surface area (Å²) >= 11 is 0. The molecule has 7 aromatic rings. The van der Waals surface area contributed by atoms with Crippen molar-refractivity contribution >= 4 is 0 Å². The van der Waals surface area contributed by atoms with E-state index in [0.29, 0.717) is 6.61 Å². The largest absolute Gasteiger partial charge is 0.394 e. The van der Waals surface area contributed by atoms with Gasteiger partial charge in [0.15, 0.2) is 12.6 Å². The van der Waals surface area contributed by atoms with Crippen molar-refractivity contribution in [3.63, 3.8) is 0 Å². The molecule has 2 aliphatic rings. The zero-order valence-electron chi connectivity index (χ0n) is 40.4. The van der Waals surface area contributed by atoms with Crippen LogP contribution in [-0.2, 0) is 93.6 Å². The number of ether oxygens (including phenoxy) is 10. The van der Waals surface area contributed by atoms with Gasteiger partial charge >= 0.3 is 0 Å². The van der Waals surface area contributed by atoms with Gasteiger partial charge in [0.25, 0.3) is 0 Å². The Kier molecular flexibility index (Phi) is 19.3. The first-order valence-electron chi connectivity index (χ1n) is 24.8. The minimum atomic E-state index is -1.14. The fourth-order valence-corrected chi connectivity index (χ4v) is 8.99. The molecule has 0 saturated carbocycles. The molecule has 11 heteroatoms. The Hall–Kier alpha value is -5.90. The van der Waals surface area contributed by atoms with E-state index in [1.54, 1.807) is 0 Å². The third-order valence-corrected chi connectivity index (χ3v) is 12.7. The molecule has 11 nitrogen and oxygen atoms in total. The van der Waals surface area contributed by atoms with Crippen LogP contribution in [0.1, 0.15) is 38.9 Å². The van der Waals surface area contributed by atoms with E-state index < -0.39 is 68.0 Å². The summed E-state index contributed by atoms with van der Waals surface area (Å²) in [6.45, 7) is 1.40. The second-order valence-corrected chi connectivity index (χ2v) is 18.0. The Labute approximate surface area is 423 Å². The predicted octanol–water partition coefficient (Wildman–Crippen LogP) is 10.2. The molecule has 0 radical (unpaired) electrons. The van der Waals surface area contributed by atoms with Crippen LogP contribution in [0.2, 0.25) is 0 Å². The second-order valence-electron chi connectivity index (χ2n) is 18.0. The molecule has 0 bridgehead atoms. The summed E-state index contributed by atoms with van der Waals surface area (Å²) < 4.78 is 69.2. The van der Waals surface area contributed by atoms with Gasteiger partial charge in [-0.05, 0) is 38.9 Å². The molecule has 2 heterocycles. The molecule has 2 unspecified atom stereocenters. The lowest BCUT2D eigenvalue weighted by atomic mass is 9.95. The molecule has 2 fully saturated rings. The van der Waals surface area contributed by atoms with Gasteiger partial charge in [-0.2, -0.15) is 0 Å². The topological polar surface area (TPSA) is 113 Å². The Morgan fingerprint density at radius 1 is 0.292 bits per heavy atom. The van der Waals surface area contributed by atoms with Crippen LogP contribution >= 0.6 is 0 Å². The summed E-state index contributed by atoms with van der Waals surface area (Å²) in [5.74, 6) is 0. The lowest BCUT2D eigenvalue weighted by Crippen LogP contribution is -2.66. The first-order chi connectivity index (χ1) is 35.7. The standard InChI is InChI=1S/C61H64O11/c62-36-52-55(57(66-40-48-28-14-4-15-29-48)58(67-41-49-30-16-5-17-31-49)60(70-52)69-43-51-34-20-7-21-35-51)72-61-59(68-42-50-32-18-6-19-33-50)56(65-39-47-26-12-3-13-27-47)54(64-38-46-24-10-2-11-25-46)53(71-61)44-63-37-45-22-8-1-9-23-45/h1-35,52-62H,36-44H2/t52?,53?,54-,55-,56-,57-,58-,59-,60+,61+/m0/s1. The molecule has 72 heavy (non-hydrogen) atoms. The van der Waals surface area contributed by atoms with E-state index in [1.807, 2.05) is 212 Å². The highest BCUT2D eigenvalue weighted by atomic mass is 16.8. The predicted molar refractivity (Wildman–Crippen MR) is 272 cm³/mol. The Morgan fingerprint density at radius 2 is 0.583 bits per heavy atom. The van der Waals surface area contributed by atoms with Crippen LogP contribution in [0, 0.1) is 0 Å². The van der Waals surface area contributed by atoms with Gasteiger partial charge in [-0.15, -0.1) is 0 Å². The molecule has 7 aromatic carbocycles. The summed E-state index contributed by atoms with van der Waals surface area (Å²) in [6.07, 6.45) is -8.90. The van der Waals surface area contributed by atoms with Gasteiger partial charge in [0, 0.05) is 0 Å². The molecule has 0 aromatic heterocycles. The van der Waals surface area contributed by atoms with Crippen molar-refractivity contribution in [3.05, 3.63) is 251 Å². The minimum absolute atomic E-state index is 0.127. The van der Waals surface area contributed by atoms with Crippen molar-refractivity contribution in [3.8, 4) is 0 Å². The molecule has 1 N–H and O–H groups in total. The van der Waals surface area contributed by atoms with E-state index in [4.69, 9.17) is 47.4 Å². The van der Waals surface area contributed by atoms with Crippen LogP contribution in [0.5, 0.6) is 0 Å². The molecule has 10 atom stereocenters. The van der Waals surface area contributed by atoms with Crippen LogP contribution in [0.3, 0.4) is 0 Å². The van der Waals surface area contributed by atoms with Crippen LogP contribution in [0.4, 0.5) is 0 Å². The fourth-order valence-electron chi connectivity index (χ4n) is 8.99. The van der Waals surface area contributed by atoms with Crippen LogP contribution in [0.25, 0.3) is 0 Å². The maximum absolute atomic E-state index is 11.4. The monoisotopic (exact) mass is 972 g/mol. The summed E-state index contributed by atoms with van der Waals surface area (Å²) in [7, 11) is 0. The van der Waals surface area contributed by atoms with Crippen molar-refractivity contribution < 1.29 is 52.5 Å². The minimum Gasteiger partial charge on any atom is -0.394 e. The SMILES string of the molecule is OCC1O[C@@H](OCc2ccccc2)[C@@H](OCc2ccccc2)[C@@H](OCc2ccccc2)[C@H]1O[C@H]1OC(COCc2ccccc2)[C@H](OCc2ccccc2)[C@H](OCc2ccccc2)[C@@H]1OCc1ccccc1. The summed E-state index contributed by atoms with van der Waals surface area (Å²) in [5.41, 5.74) is 6.75. The molecular formula is C61H64O11. The maximum atomic E-state index is 11.4. The summed E-state index contributed by atoms with van der Waals surface area (Å²) in [5, 5.41) is 11.4. The maximum Gasteiger partial charge on any atom is 0.187 e. The first kappa shape index (κ1) is 51.0. The highest BCUT2D eigenvalue weighted by Gasteiger charge is 2.54. The number of aliphatic hydroxyl groups excluding tert-OH is 1. The first-order valence-corrected chi connectivity index (χ1v) is 24.8. The molecule has 0 spiro atoms. The van der Waals surface area contributed by atoms with Crippen LogP contribution < -0.4 is 0 Å². The van der Waals surface area contributed by atoms with Crippen molar-refractivity contribution in [2.75, 3.05) is 13.2 Å². The van der Waals surface area contributed by atoms with Gasteiger partial charge in [-0.3, -0.25) is 0 Å². The molecule has 374 valence electrons. The highest BCUT2D eigenvalue weighted by molar-refractivity contribution is 5.19.